The molecule has 0 aliphatic heterocycles. The molecule has 0 amide bonds. The number of ether oxygens (including phenoxy) is 2. The predicted octanol–water partition coefficient (Wildman–Crippen LogP) is 8.84. The molecular formula is C36H61O7P. The van der Waals surface area contributed by atoms with Crippen LogP contribution in [0.2, 0.25) is 0 Å². The van der Waals surface area contributed by atoms with Crippen molar-refractivity contribution in [1.29, 1.82) is 0 Å². The molecule has 4 fully saturated rings. The van der Waals surface area contributed by atoms with E-state index in [1.165, 1.54) is 64.2 Å². The van der Waals surface area contributed by atoms with E-state index in [2.05, 4.69) is 33.9 Å². The van der Waals surface area contributed by atoms with Gasteiger partial charge in [-0.3, -0.25) is 9.59 Å². The Morgan fingerprint density at radius 3 is 2.23 bits per heavy atom. The Kier molecular flexibility index (Phi) is 14.2. The second kappa shape index (κ2) is 16.9. The number of esters is 2. The summed E-state index contributed by atoms with van der Waals surface area (Å²) in [5, 5.41) is 10.1. The van der Waals surface area contributed by atoms with Crippen LogP contribution in [0.3, 0.4) is 0 Å². The number of allylic oxidation sites excluding steroid dienone is 2. The fourth-order valence-electron chi connectivity index (χ4n) is 10.3. The summed E-state index contributed by atoms with van der Waals surface area (Å²) in [5.74, 6) is 3.35. The minimum atomic E-state index is -2.19. The molecule has 8 heteroatoms. The predicted molar refractivity (Wildman–Crippen MR) is 176 cm³/mol. The molecule has 0 radical (unpaired) electrons. The molecule has 9 atom stereocenters. The van der Waals surface area contributed by atoms with Gasteiger partial charge in [0.1, 0.15) is 0 Å². The summed E-state index contributed by atoms with van der Waals surface area (Å²) in [6.45, 7) is 15.0. The van der Waals surface area contributed by atoms with Crippen LogP contribution >= 0.6 is 8.38 Å². The fraction of sp³-hybridized carbons (Fsp3) is 0.833. The number of hydrogen-bond donors (Lipinski definition) is 3. The van der Waals surface area contributed by atoms with Crippen LogP contribution in [0.1, 0.15) is 124 Å². The van der Waals surface area contributed by atoms with Crippen LogP contribution in [0.4, 0.5) is 0 Å². The number of fused-ring (bicyclic) bond motifs is 5. The summed E-state index contributed by atoms with van der Waals surface area (Å²) in [6.07, 6.45) is 17.5. The Balaban J connectivity index is 0.00000259. The largest absolute Gasteiger partial charge is 0.512 e. The zero-order valence-corrected chi connectivity index (χ0v) is 28.9. The van der Waals surface area contributed by atoms with Crippen LogP contribution in [0.25, 0.3) is 0 Å². The Labute approximate surface area is 268 Å². The number of hydrogen-bond acceptors (Lipinski definition) is 7. The quantitative estimate of drug-likeness (QED) is 0.0608. The van der Waals surface area contributed by atoms with Gasteiger partial charge in [0.15, 0.2) is 8.38 Å². The van der Waals surface area contributed by atoms with Gasteiger partial charge in [-0.15, -0.1) is 13.2 Å². The van der Waals surface area contributed by atoms with Crippen molar-refractivity contribution in [3.05, 3.63) is 25.0 Å². The molecule has 0 aromatic carbocycles. The number of aliphatic hydroxyl groups excluding tert-OH is 1. The average Bonchev–Trinajstić information content (AvgIpc) is 3.36. The first-order chi connectivity index (χ1) is 21.0. The Bertz CT molecular complexity index is 968. The first-order valence-corrected chi connectivity index (χ1v) is 18.8. The molecule has 0 bridgehead atoms. The van der Waals surface area contributed by atoms with E-state index in [0.29, 0.717) is 35.5 Å². The minimum Gasteiger partial charge on any atom is -0.512 e. The second-order valence-corrected chi connectivity index (χ2v) is 15.7. The standard InChI is InChI=1S/C34H57O7P.C2H4/c1-5-8-30(35)24(21-42(38)39)11-17-32(37)41-22-40-31(36)16-10-23(2)27-14-15-28-26-13-12-25-9-6-7-19-33(25,3)29(26)18-20-34(27,28)4;1-2/h8,23-29,35,38-39H,5-7,9-22H2,1-4H3;1-2H2/b30-8-;/t23-,24?,25?,26?,27?,28?,29?,33?,34?;/m1./s1. The van der Waals surface area contributed by atoms with E-state index in [1.54, 1.807) is 6.08 Å². The van der Waals surface area contributed by atoms with Crippen LogP contribution in [-0.2, 0) is 19.1 Å². The van der Waals surface area contributed by atoms with Gasteiger partial charge in [0.2, 0.25) is 6.79 Å². The molecular weight excluding hydrogens is 575 g/mol. The van der Waals surface area contributed by atoms with E-state index >= 15 is 0 Å². The van der Waals surface area contributed by atoms with Crippen molar-refractivity contribution in [2.45, 2.75) is 124 Å². The third kappa shape index (κ3) is 8.68. The summed E-state index contributed by atoms with van der Waals surface area (Å²) >= 11 is 0. The van der Waals surface area contributed by atoms with Gasteiger partial charge in [-0.05, 0) is 123 Å². The molecule has 8 unspecified atom stereocenters. The third-order valence-electron chi connectivity index (χ3n) is 12.5. The summed E-state index contributed by atoms with van der Waals surface area (Å²) in [4.78, 5) is 43.4. The van der Waals surface area contributed by atoms with Crippen LogP contribution in [0.15, 0.2) is 25.0 Å². The zero-order valence-electron chi connectivity index (χ0n) is 28.0. The zero-order chi connectivity index (χ0) is 32.5. The van der Waals surface area contributed by atoms with Crippen LogP contribution in [-0.4, -0.2) is 39.8 Å². The summed E-state index contributed by atoms with van der Waals surface area (Å²) in [5.41, 5.74) is 0.946. The van der Waals surface area contributed by atoms with Crippen molar-refractivity contribution in [2.75, 3.05) is 13.0 Å². The van der Waals surface area contributed by atoms with Crippen LogP contribution < -0.4 is 0 Å². The maximum atomic E-state index is 12.5. The van der Waals surface area contributed by atoms with E-state index in [1.807, 2.05) is 6.92 Å². The highest BCUT2D eigenvalue weighted by atomic mass is 31.2. The van der Waals surface area contributed by atoms with Gasteiger partial charge < -0.3 is 24.4 Å². The van der Waals surface area contributed by atoms with Gasteiger partial charge >= 0.3 is 11.9 Å². The smallest absolute Gasteiger partial charge is 0.308 e. The summed E-state index contributed by atoms with van der Waals surface area (Å²) in [7, 11) is -2.19. The van der Waals surface area contributed by atoms with Gasteiger partial charge in [-0.25, -0.2) is 0 Å². The maximum Gasteiger partial charge on any atom is 0.308 e. The molecule has 7 nitrogen and oxygen atoms in total. The molecule has 4 saturated carbocycles. The highest BCUT2D eigenvalue weighted by Crippen LogP contribution is 2.68. The van der Waals surface area contributed by atoms with E-state index in [9.17, 15) is 24.5 Å². The van der Waals surface area contributed by atoms with Crippen molar-refractivity contribution in [3.8, 4) is 0 Å². The fourth-order valence-corrected chi connectivity index (χ4v) is 11.1. The van der Waals surface area contributed by atoms with Crippen molar-refractivity contribution in [1.82, 2.24) is 0 Å². The Morgan fingerprint density at radius 1 is 0.909 bits per heavy atom. The first-order valence-electron chi connectivity index (χ1n) is 17.3. The maximum absolute atomic E-state index is 12.5. The molecule has 3 N–H and O–H groups in total. The Hall–Kier alpha value is -1.43. The molecule has 0 heterocycles. The minimum absolute atomic E-state index is 0.0000118. The number of rotatable bonds is 13. The highest BCUT2D eigenvalue weighted by molar-refractivity contribution is 7.45. The molecule has 4 aliphatic rings. The lowest BCUT2D eigenvalue weighted by Crippen LogP contribution is -2.53. The van der Waals surface area contributed by atoms with Crippen molar-refractivity contribution < 1.29 is 34.0 Å². The lowest BCUT2D eigenvalue weighted by Gasteiger charge is -2.61. The number of carbonyl (C=O) groups is 2. The van der Waals surface area contributed by atoms with Gasteiger partial charge in [0.05, 0.1) is 5.76 Å². The lowest BCUT2D eigenvalue weighted by atomic mass is 9.44. The third-order valence-corrected chi connectivity index (χ3v) is 13.3. The second-order valence-electron chi connectivity index (χ2n) is 14.6. The monoisotopic (exact) mass is 636 g/mol. The highest BCUT2D eigenvalue weighted by Gasteiger charge is 2.60. The molecule has 44 heavy (non-hydrogen) atoms. The molecule has 0 aromatic heterocycles. The number of aliphatic hydroxyl groups is 1. The molecule has 0 spiro atoms. The van der Waals surface area contributed by atoms with Gasteiger partial charge in [-0.2, -0.15) is 0 Å². The average molecular weight is 637 g/mol. The van der Waals surface area contributed by atoms with Gasteiger partial charge in [0, 0.05) is 24.9 Å². The SMILES string of the molecule is C=C.CC/C=C(\O)C(CCC(=O)OCOC(=O)CC[C@@H](C)C1CCC2C3CCC4CCCCC4(C)C3CCC21C)CP(O)O. The van der Waals surface area contributed by atoms with Crippen molar-refractivity contribution >= 4 is 20.3 Å². The van der Waals surface area contributed by atoms with E-state index in [4.69, 9.17) is 9.47 Å². The Morgan fingerprint density at radius 2 is 1.57 bits per heavy atom. The van der Waals surface area contributed by atoms with Gasteiger partial charge in [-0.1, -0.05) is 40.5 Å². The number of carbonyl (C=O) groups excluding carboxylic acids is 2. The molecule has 0 saturated heterocycles. The van der Waals surface area contributed by atoms with Crippen LogP contribution in [0.5, 0.6) is 0 Å². The van der Waals surface area contributed by atoms with Crippen LogP contribution in [0, 0.1) is 52.3 Å². The molecule has 252 valence electrons. The molecule has 0 aromatic rings. The summed E-state index contributed by atoms with van der Waals surface area (Å²) in [6, 6.07) is 0. The van der Waals surface area contributed by atoms with Gasteiger partial charge in [0.25, 0.3) is 0 Å². The summed E-state index contributed by atoms with van der Waals surface area (Å²) < 4.78 is 10.3. The van der Waals surface area contributed by atoms with Crippen molar-refractivity contribution in [3.63, 3.8) is 0 Å². The molecule has 4 rings (SSSR count). The normalized spacial score (nSPS) is 34.4. The van der Waals surface area contributed by atoms with E-state index in [0.717, 1.165) is 30.1 Å². The lowest BCUT2D eigenvalue weighted by molar-refractivity contribution is -0.167. The molecule has 4 aliphatic carbocycles. The van der Waals surface area contributed by atoms with E-state index in [-0.39, 0.29) is 30.7 Å². The topological polar surface area (TPSA) is 113 Å². The van der Waals surface area contributed by atoms with E-state index < -0.39 is 27.1 Å². The van der Waals surface area contributed by atoms with Crippen molar-refractivity contribution in [2.24, 2.45) is 52.3 Å². The first kappa shape index (κ1) is 37.0.